The lowest BCUT2D eigenvalue weighted by atomic mass is 9.88. The molecule has 0 aromatic heterocycles. The predicted molar refractivity (Wildman–Crippen MR) is 112 cm³/mol. The van der Waals surface area contributed by atoms with Crippen LogP contribution < -0.4 is 16.4 Å². The number of nitrogens with one attached hydrogen (secondary N) is 2. The maximum Gasteiger partial charge on any atom is 0.325 e. The molecule has 1 heterocycles. The van der Waals surface area contributed by atoms with Crippen molar-refractivity contribution in [1.82, 2.24) is 5.32 Å². The van der Waals surface area contributed by atoms with Gasteiger partial charge in [0.15, 0.2) is 0 Å². The maximum atomic E-state index is 12.8. The average molecular weight is 423 g/mol. The molecule has 0 spiro atoms. The number of amides is 3. The molecule has 0 unspecified atom stereocenters. The van der Waals surface area contributed by atoms with E-state index in [0.29, 0.717) is 11.3 Å². The maximum absolute atomic E-state index is 12.8. The van der Waals surface area contributed by atoms with Gasteiger partial charge in [0.2, 0.25) is 5.91 Å². The van der Waals surface area contributed by atoms with Crippen LogP contribution in [0.2, 0.25) is 0 Å². The highest BCUT2D eigenvalue weighted by Gasteiger charge is 2.41. The van der Waals surface area contributed by atoms with E-state index in [1.807, 2.05) is 25.1 Å². The summed E-state index contributed by atoms with van der Waals surface area (Å²) in [4.78, 5) is 35.6. The van der Waals surface area contributed by atoms with E-state index < -0.39 is 28.0 Å². The molecule has 2 atom stereocenters. The van der Waals surface area contributed by atoms with E-state index in [4.69, 9.17) is 5.73 Å². The van der Waals surface area contributed by atoms with Crippen molar-refractivity contribution >= 4 is 35.1 Å². The SMILES string of the molecule is Cc1ccc(NC(=O)NC(=O)[C@@H]2SC(N)=C(C#N)[C@H]2c2cccc([N+](=O)[O-])c2)cc1. The molecule has 1 aliphatic heterocycles. The second kappa shape index (κ2) is 8.67. The number of imide groups is 1. The number of urea groups is 1. The first kappa shape index (κ1) is 20.9. The number of carbonyl (C=O) groups is 2. The Kier molecular flexibility index (Phi) is 6.03. The van der Waals surface area contributed by atoms with Gasteiger partial charge in [0.05, 0.1) is 21.6 Å². The molecule has 2 aromatic carbocycles. The fourth-order valence-corrected chi connectivity index (χ4v) is 4.23. The highest BCUT2D eigenvalue weighted by Crippen LogP contribution is 2.46. The van der Waals surface area contributed by atoms with Crippen LogP contribution in [-0.2, 0) is 4.79 Å². The lowest BCUT2D eigenvalue weighted by Gasteiger charge is -2.19. The van der Waals surface area contributed by atoms with Crippen molar-refractivity contribution in [3.05, 3.63) is 80.4 Å². The van der Waals surface area contributed by atoms with Gasteiger partial charge in [0, 0.05) is 23.7 Å². The minimum atomic E-state index is -0.926. The topological polar surface area (TPSA) is 151 Å². The van der Waals surface area contributed by atoms with Gasteiger partial charge in [-0.25, -0.2) is 4.79 Å². The Morgan fingerprint density at radius 2 is 1.93 bits per heavy atom. The summed E-state index contributed by atoms with van der Waals surface area (Å²) >= 11 is 0.947. The van der Waals surface area contributed by atoms with E-state index >= 15 is 0 Å². The first-order valence-electron chi connectivity index (χ1n) is 8.79. The Morgan fingerprint density at radius 3 is 2.57 bits per heavy atom. The van der Waals surface area contributed by atoms with Crippen LogP contribution in [0.1, 0.15) is 17.0 Å². The number of nitro benzene ring substituents is 1. The number of carbonyl (C=O) groups excluding carboxylic acids is 2. The number of thioether (sulfide) groups is 1. The molecular formula is C20H17N5O4S. The highest BCUT2D eigenvalue weighted by molar-refractivity contribution is 8.04. The van der Waals surface area contributed by atoms with E-state index in [9.17, 15) is 25.0 Å². The highest BCUT2D eigenvalue weighted by atomic mass is 32.2. The summed E-state index contributed by atoms with van der Waals surface area (Å²) in [5, 5.41) is 24.6. The van der Waals surface area contributed by atoms with Crippen molar-refractivity contribution in [3.8, 4) is 6.07 Å². The van der Waals surface area contributed by atoms with Crippen LogP contribution in [0.5, 0.6) is 0 Å². The van der Waals surface area contributed by atoms with Gasteiger partial charge < -0.3 is 11.1 Å². The molecule has 0 saturated carbocycles. The van der Waals surface area contributed by atoms with Gasteiger partial charge in [-0.1, -0.05) is 41.6 Å². The second-order valence-electron chi connectivity index (χ2n) is 6.57. The van der Waals surface area contributed by atoms with Gasteiger partial charge in [-0.2, -0.15) is 5.26 Å². The predicted octanol–water partition coefficient (Wildman–Crippen LogP) is 3.14. The lowest BCUT2D eigenvalue weighted by Crippen LogP contribution is -2.41. The van der Waals surface area contributed by atoms with Crippen LogP contribution in [0.3, 0.4) is 0 Å². The third-order valence-electron chi connectivity index (χ3n) is 4.50. The molecule has 4 N–H and O–H groups in total. The van der Waals surface area contributed by atoms with Gasteiger partial charge in [-0.15, -0.1) is 0 Å². The minimum absolute atomic E-state index is 0.139. The van der Waals surface area contributed by atoms with E-state index in [1.165, 1.54) is 18.2 Å². The zero-order valence-electron chi connectivity index (χ0n) is 15.8. The number of nitrogens with zero attached hydrogens (tertiary/aromatic N) is 2. The third-order valence-corrected chi connectivity index (χ3v) is 5.71. The second-order valence-corrected chi connectivity index (χ2v) is 7.75. The number of nitrogens with two attached hydrogens (primary N) is 1. The summed E-state index contributed by atoms with van der Waals surface area (Å²) in [5.41, 5.74) is 7.81. The summed E-state index contributed by atoms with van der Waals surface area (Å²) in [6.07, 6.45) is 0. The fraction of sp³-hybridized carbons (Fsp3) is 0.150. The van der Waals surface area contributed by atoms with E-state index in [1.54, 1.807) is 18.2 Å². The Labute approximate surface area is 176 Å². The Balaban J connectivity index is 1.81. The Bertz CT molecular complexity index is 1090. The van der Waals surface area contributed by atoms with E-state index in [2.05, 4.69) is 10.6 Å². The van der Waals surface area contributed by atoms with Gasteiger partial charge >= 0.3 is 6.03 Å². The normalized spacial score (nSPS) is 17.9. The summed E-state index contributed by atoms with van der Waals surface area (Å²) < 4.78 is 0. The quantitative estimate of drug-likeness (QED) is 0.504. The first-order valence-corrected chi connectivity index (χ1v) is 9.67. The van der Waals surface area contributed by atoms with Crippen LogP contribution in [0, 0.1) is 28.4 Å². The van der Waals surface area contributed by atoms with E-state index in [0.717, 1.165) is 17.3 Å². The molecule has 0 aliphatic carbocycles. The molecule has 10 heteroatoms. The number of nitriles is 1. The number of hydrogen-bond acceptors (Lipinski definition) is 7. The van der Waals surface area contributed by atoms with Crippen molar-refractivity contribution in [2.24, 2.45) is 5.73 Å². The number of nitro groups is 1. The Morgan fingerprint density at radius 1 is 1.23 bits per heavy atom. The largest absolute Gasteiger partial charge is 0.393 e. The zero-order chi connectivity index (χ0) is 21.8. The van der Waals surface area contributed by atoms with Crippen molar-refractivity contribution in [1.29, 1.82) is 5.26 Å². The molecule has 0 bridgehead atoms. The van der Waals surface area contributed by atoms with Gasteiger partial charge in [-0.3, -0.25) is 20.2 Å². The zero-order valence-corrected chi connectivity index (χ0v) is 16.6. The first-order chi connectivity index (χ1) is 14.3. The van der Waals surface area contributed by atoms with Crippen molar-refractivity contribution in [2.75, 3.05) is 5.32 Å². The molecule has 1 aliphatic rings. The number of aryl methyl sites for hydroxylation is 1. The minimum Gasteiger partial charge on any atom is -0.393 e. The Hall–Kier alpha value is -3.84. The third kappa shape index (κ3) is 4.42. The van der Waals surface area contributed by atoms with Gasteiger partial charge in [-0.05, 0) is 24.6 Å². The fourth-order valence-electron chi connectivity index (χ4n) is 3.06. The van der Waals surface area contributed by atoms with Crippen LogP contribution in [0.15, 0.2) is 59.1 Å². The molecule has 9 nitrogen and oxygen atoms in total. The van der Waals surface area contributed by atoms with Gasteiger partial charge in [0.1, 0.15) is 5.25 Å². The average Bonchev–Trinajstić information content (AvgIpc) is 3.06. The molecule has 0 radical (unpaired) electrons. The smallest absolute Gasteiger partial charge is 0.325 e. The van der Waals surface area contributed by atoms with E-state index in [-0.39, 0.29) is 16.3 Å². The number of hydrogen-bond donors (Lipinski definition) is 3. The molecule has 3 amide bonds. The number of non-ortho nitro benzene ring substituents is 1. The van der Waals surface area contributed by atoms with Crippen molar-refractivity contribution < 1.29 is 14.5 Å². The summed E-state index contributed by atoms with van der Waals surface area (Å²) in [5.74, 6) is -1.47. The number of rotatable bonds is 4. The van der Waals surface area contributed by atoms with Crippen LogP contribution in [0.25, 0.3) is 0 Å². The molecular weight excluding hydrogens is 406 g/mol. The molecule has 0 fully saturated rings. The summed E-state index contributed by atoms with van der Waals surface area (Å²) in [6, 6.07) is 13.9. The monoisotopic (exact) mass is 423 g/mol. The van der Waals surface area contributed by atoms with Crippen LogP contribution in [-0.4, -0.2) is 22.1 Å². The molecule has 0 saturated heterocycles. The molecule has 3 rings (SSSR count). The lowest BCUT2D eigenvalue weighted by molar-refractivity contribution is -0.384. The number of benzene rings is 2. The molecule has 2 aromatic rings. The molecule has 152 valence electrons. The summed E-state index contributed by atoms with van der Waals surface area (Å²) in [7, 11) is 0. The molecule has 30 heavy (non-hydrogen) atoms. The van der Waals surface area contributed by atoms with Crippen molar-refractivity contribution in [2.45, 2.75) is 18.1 Å². The number of allylic oxidation sites excluding steroid dienone is 1. The summed E-state index contributed by atoms with van der Waals surface area (Å²) in [6.45, 7) is 1.91. The number of anilines is 1. The standard InChI is InChI=1S/C20H17N5O4S/c1-11-5-7-13(8-6-11)23-20(27)24-19(26)17-16(15(10-21)18(22)30-17)12-3-2-4-14(9-12)25(28)29/h2-9,16-17H,22H2,1H3,(H2,23,24,26,27)/t16-,17-/m1/s1. The van der Waals surface area contributed by atoms with Crippen LogP contribution in [0.4, 0.5) is 16.2 Å². The van der Waals surface area contributed by atoms with Gasteiger partial charge in [0.25, 0.3) is 5.69 Å². The van der Waals surface area contributed by atoms with Crippen molar-refractivity contribution in [3.63, 3.8) is 0 Å². The van der Waals surface area contributed by atoms with Crippen LogP contribution >= 0.6 is 11.8 Å².